The van der Waals surface area contributed by atoms with Crippen molar-refractivity contribution in [1.29, 1.82) is 0 Å². The molecular weight excluding hydrogens is 408 g/mol. The van der Waals surface area contributed by atoms with Crippen molar-refractivity contribution < 1.29 is 19.0 Å². The molecule has 0 aliphatic carbocycles. The number of carbonyl (C=O) groups is 1. The molecular formula is C24H24N4O4. The van der Waals surface area contributed by atoms with Gasteiger partial charge in [0, 0.05) is 6.54 Å². The predicted molar refractivity (Wildman–Crippen MR) is 120 cm³/mol. The van der Waals surface area contributed by atoms with Crippen molar-refractivity contribution in [2.45, 2.75) is 6.10 Å². The number of rotatable bonds is 7. The van der Waals surface area contributed by atoms with Gasteiger partial charge in [-0.3, -0.25) is 4.79 Å². The van der Waals surface area contributed by atoms with Gasteiger partial charge < -0.3 is 24.8 Å². The fourth-order valence-electron chi connectivity index (χ4n) is 3.40. The van der Waals surface area contributed by atoms with E-state index in [1.807, 2.05) is 54.6 Å². The molecule has 4 rings (SSSR count). The van der Waals surface area contributed by atoms with Gasteiger partial charge in [0.15, 0.2) is 0 Å². The Balaban J connectivity index is 1.47. The molecule has 1 amide bonds. The third-order valence-corrected chi connectivity index (χ3v) is 4.99. The molecule has 0 saturated carbocycles. The lowest BCUT2D eigenvalue weighted by Crippen LogP contribution is -2.47. The van der Waals surface area contributed by atoms with Gasteiger partial charge in [0.25, 0.3) is 0 Å². The number of nitrogens with zero attached hydrogens (tertiary/aromatic N) is 3. The third-order valence-electron chi connectivity index (χ3n) is 4.99. The van der Waals surface area contributed by atoms with E-state index >= 15 is 0 Å². The highest BCUT2D eigenvalue weighted by atomic mass is 16.5. The Morgan fingerprint density at radius 3 is 2.66 bits per heavy atom. The lowest BCUT2D eigenvalue weighted by Gasteiger charge is -2.32. The highest BCUT2D eigenvalue weighted by Crippen LogP contribution is 2.34. The van der Waals surface area contributed by atoms with Crippen LogP contribution in [0.5, 0.6) is 17.4 Å². The molecule has 1 aliphatic heterocycles. The van der Waals surface area contributed by atoms with Gasteiger partial charge >= 0.3 is 0 Å². The van der Waals surface area contributed by atoms with Gasteiger partial charge in [0.1, 0.15) is 36.4 Å². The van der Waals surface area contributed by atoms with E-state index in [-0.39, 0.29) is 18.6 Å². The first-order valence-corrected chi connectivity index (χ1v) is 10.2. The maximum atomic E-state index is 11.9. The SMILES string of the molecule is C=CC(=O)N1CCO[C@H](COc2ncnc(N)c2-c2ccc(Oc3ccccc3)cc2)C1. The average Bonchev–Trinajstić information content (AvgIpc) is 2.84. The Hall–Kier alpha value is -3.91. The van der Waals surface area contributed by atoms with Gasteiger partial charge in [-0.15, -0.1) is 0 Å². The van der Waals surface area contributed by atoms with Crippen LogP contribution in [-0.4, -0.2) is 53.2 Å². The maximum absolute atomic E-state index is 11.9. The molecule has 1 aromatic heterocycles. The van der Waals surface area contributed by atoms with Crippen molar-refractivity contribution in [3.8, 4) is 28.5 Å². The standard InChI is InChI=1S/C24H24N4O4/c1-2-21(29)28-12-13-30-20(14-28)15-31-24-22(23(25)26-16-27-24)17-8-10-19(11-9-17)32-18-6-4-3-5-7-18/h2-11,16,20H,1,12-15H2,(H2,25,26,27)/t20-/m0/s1. The summed E-state index contributed by atoms with van der Waals surface area (Å²) in [6, 6.07) is 17.0. The van der Waals surface area contributed by atoms with E-state index in [1.165, 1.54) is 12.4 Å². The Kier molecular flexibility index (Phi) is 6.62. The van der Waals surface area contributed by atoms with E-state index in [2.05, 4.69) is 16.5 Å². The van der Waals surface area contributed by atoms with E-state index in [1.54, 1.807) is 4.90 Å². The summed E-state index contributed by atoms with van der Waals surface area (Å²) in [5.74, 6) is 1.98. The Morgan fingerprint density at radius 2 is 1.91 bits per heavy atom. The van der Waals surface area contributed by atoms with Gasteiger partial charge in [0.05, 0.1) is 18.7 Å². The number of para-hydroxylation sites is 1. The molecule has 0 radical (unpaired) electrons. The van der Waals surface area contributed by atoms with Gasteiger partial charge in [-0.2, -0.15) is 0 Å². The Bertz CT molecular complexity index is 1070. The number of aromatic nitrogens is 2. The minimum atomic E-state index is -0.279. The lowest BCUT2D eigenvalue weighted by atomic mass is 10.1. The topological polar surface area (TPSA) is 99.8 Å². The van der Waals surface area contributed by atoms with Crippen LogP contribution in [0.25, 0.3) is 11.1 Å². The van der Waals surface area contributed by atoms with E-state index < -0.39 is 0 Å². The summed E-state index contributed by atoms with van der Waals surface area (Å²) in [5.41, 5.74) is 7.53. The number of morpholine rings is 1. The van der Waals surface area contributed by atoms with Crippen LogP contribution in [0.2, 0.25) is 0 Å². The first kappa shape index (κ1) is 21.3. The van der Waals surface area contributed by atoms with Crippen LogP contribution < -0.4 is 15.2 Å². The first-order valence-electron chi connectivity index (χ1n) is 10.2. The van der Waals surface area contributed by atoms with Gasteiger partial charge in [-0.25, -0.2) is 9.97 Å². The van der Waals surface area contributed by atoms with Crippen molar-refractivity contribution in [2.24, 2.45) is 0 Å². The summed E-state index contributed by atoms with van der Waals surface area (Å²) in [6.07, 6.45) is 2.38. The number of ether oxygens (including phenoxy) is 3. The number of nitrogen functional groups attached to an aromatic ring is 1. The molecule has 1 fully saturated rings. The van der Waals surface area contributed by atoms with Crippen LogP contribution >= 0.6 is 0 Å². The molecule has 164 valence electrons. The molecule has 1 saturated heterocycles. The van der Waals surface area contributed by atoms with Crippen molar-refractivity contribution in [3.63, 3.8) is 0 Å². The zero-order chi connectivity index (χ0) is 22.3. The number of benzene rings is 2. The highest BCUT2D eigenvalue weighted by molar-refractivity contribution is 5.87. The average molecular weight is 432 g/mol. The first-order chi connectivity index (χ1) is 15.6. The van der Waals surface area contributed by atoms with E-state index in [4.69, 9.17) is 19.9 Å². The maximum Gasteiger partial charge on any atom is 0.246 e. The van der Waals surface area contributed by atoms with Crippen LogP contribution in [0.4, 0.5) is 5.82 Å². The quantitative estimate of drug-likeness (QED) is 0.572. The number of hydrogen-bond acceptors (Lipinski definition) is 7. The molecule has 8 nitrogen and oxygen atoms in total. The molecule has 3 aromatic rings. The Labute approximate surface area is 186 Å². The van der Waals surface area contributed by atoms with Gasteiger partial charge in [0.2, 0.25) is 11.8 Å². The number of amides is 1. The zero-order valence-electron chi connectivity index (χ0n) is 17.5. The molecule has 1 atom stereocenters. The smallest absolute Gasteiger partial charge is 0.246 e. The lowest BCUT2D eigenvalue weighted by molar-refractivity contribution is -0.134. The molecule has 0 unspecified atom stereocenters. The van der Waals surface area contributed by atoms with Crippen LogP contribution in [0.3, 0.4) is 0 Å². The second-order valence-electron chi connectivity index (χ2n) is 7.17. The highest BCUT2D eigenvalue weighted by Gasteiger charge is 2.24. The van der Waals surface area contributed by atoms with Gasteiger partial charge in [-0.1, -0.05) is 36.9 Å². The summed E-state index contributed by atoms with van der Waals surface area (Å²) in [5, 5.41) is 0. The van der Waals surface area contributed by atoms with Crippen molar-refractivity contribution in [1.82, 2.24) is 14.9 Å². The summed E-state index contributed by atoms with van der Waals surface area (Å²) >= 11 is 0. The minimum Gasteiger partial charge on any atom is -0.474 e. The molecule has 1 aliphatic rings. The fraction of sp³-hybridized carbons (Fsp3) is 0.208. The number of anilines is 1. The van der Waals surface area contributed by atoms with Crippen LogP contribution in [0.1, 0.15) is 0 Å². The third kappa shape index (κ3) is 5.04. The van der Waals surface area contributed by atoms with Crippen molar-refractivity contribution >= 4 is 11.7 Å². The molecule has 2 aromatic carbocycles. The summed E-state index contributed by atoms with van der Waals surface area (Å²) in [6.45, 7) is 5.15. The fourth-order valence-corrected chi connectivity index (χ4v) is 3.40. The van der Waals surface area contributed by atoms with Crippen LogP contribution in [0, 0.1) is 0 Å². The van der Waals surface area contributed by atoms with E-state index in [0.29, 0.717) is 42.7 Å². The molecule has 32 heavy (non-hydrogen) atoms. The molecule has 2 heterocycles. The van der Waals surface area contributed by atoms with Crippen LogP contribution in [0.15, 0.2) is 73.6 Å². The molecule has 8 heteroatoms. The van der Waals surface area contributed by atoms with Crippen molar-refractivity contribution in [3.05, 3.63) is 73.6 Å². The molecule has 0 bridgehead atoms. The Morgan fingerprint density at radius 1 is 1.16 bits per heavy atom. The summed E-state index contributed by atoms with van der Waals surface area (Å²) in [4.78, 5) is 21.9. The molecule has 0 spiro atoms. The predicted octanol–water partition coefficient (Wildman–Crippen LogP) is 3.31. The second kappa shape index (κ2) is 9.93. The summed E-state index contributed by atoms with van der Waals surface area (Å²) < 4.78 is 17.5. The minimum absolute atomic E-state index is 0.122. The van der Waals surface area contributed by atoms with Crippen LogP contribution in [-0.2, 0) is 9.53 Å². The largest absolute Gasteiger partial charge is 0.474 e. The number of nitrogens with two attached hydrogens (primary N) is 1. The van der Waals surface area contributed by atoms with E-state index in [0.717, 1.165) is 11.3 Å². The summed E-state index contributed by atoms with van der Waals surface area (Å²) in [7, 11) is 0. The van der Waals surface area contributed by atoms with Gasteiger partial charge in [-0.05, 0) is 35.9 Å². The monoisotopic (exact) mass is 432 g/mol. The van der Waals surface area contributed by atoms with Crippen molar-refractivity contribution in [2.75, 3.05) is 32.0 Å². The zero-order valence-corrected chi connectivity index (χ0v) is 17.5. The molecule has 2 N–H and O–H groups in total. The second-order valence-corrected chi connectivity index (χ2v) is 7.17. The number of carbonyl (C=O) groups excluding carboxylic acids is 1. The number of hydrogen-bond donors (Lipinski definition) is 1. The normalized spacial score (nSPS) is 15.8. The van der Waals surface area contributed by atoms with E-state index in [9.17, 15) is 4.79 Å².